The summed E-state index contributed by atoms with van der Waals surface area (Å²) in [6.07, 6.45) is 4.98. The molecule has 2 unspecified atom stereocenters. The van der Waals surface area contributed by atoms with Crippen molar-refractivity contribution in [2.45, 2.75) is 64.7 Å². The second kappa shape index (κ2) is 7.21. The quantitative estimate of drug-likeness (QED) is 0.768. The molecule has 3 heteroatoms. The summed E-state index contributed by atoms with van der Waals surface area (Å²) in [5.74, 6) is 0.782. The predicted molar refractivity (Wildman–Crippen MR) is 75.3 cm³/mol. The average Bonchev–Trinajstić information content (AvgIpc) is 2.64. The molecule has 1 aliphatic rings. The number of nitrogens with one attached hydrogen (secondary N) is 1. The summed E-state index contributed by atoms with van der Waals surface area (Å²) in [6, 6.07) is 0.619. The number of aliphatic imine (C=N–C) groups is 1. The van der Waals surface area contributed by atoms with Crippen molar-refractivity contribution < 1.29 is 0 Å². The molecule has 1 heterocycles. The first-order valence-electron chi connectivity index (χ1n) is 6.63. The largest absolute Gasteiger partial charge is 0.362 e. The van der Waals surface area contributed by atoms with E-state index in [-0.39, 0.29) is 0 Å². The predicted octanol–water partition coefficient (Wildman–Crippen LogP) is 3.67. The number of thioether (sulfide) groups is 1. The molecular formula is C13H26N2S. The molecule has 0 fully saturated rings. The van der Waals surface area contributed by atoms with Crippen LogP contribution in [0.5, 0.6) is 0 Å². The zero-order chi connectivity index (χ0) is 12.0. The Hall–Kier alpha value is -0.180. The first-order chi connectivity index (χ1) is 7.65. The van der Waals surface area contributed by atoms with Gasteiger partial charge in [0.05, 0.1) is 6.54 Å². The molecule has 0 saturated heterocycles. The normalized spacial score (nSPS) is 22.3. The third-order valence-electron chi connectivity index (χ3n) is 2.91. The van der Waals surface area contributed by atoms with Gasteiger partial charge >= 0.3 is 0 Å². The fraction of sp³-hybridized carbons (Fsp3) is 0.923. The number of hydrogen-bond donors (Lipinski definition) is 1. The molecule has 2 nitrogen and oxygen atoms in total. The summed E-state index contributed by atoms with van der Waals surface area (Å²) in [5, 5.41) is 5.48. The van der Waals surface area contributed by atoms with Crippen LogP contribution >= 0.6 is 11.8 Å². The maximum Gasteiger partial charge on any atom is 0.157 e. The molecule has 0 saturated carbocycles. The van der Waals surface area contributed by atoms with E-state index in [9.17, 15) is 0 Å². The molecule has 0 bridgehead atoms. The van der Waals surface area contributed by atoms with Crippen LogP contribution in [-0.2, 0) is 0 Å². The highest BCUT2D eigenvalue weighted by molar-refractivity contribution is 8.14. The van der Waals surface area contributed by atoms with Crippen molar-refractivity contribution in [3.05, 3.63) is 0 Å². The van der Waals surface area contributed by atoms with Crippen LogP contribution in [0.15, 0.2) is 4.99 Å². The fourth-order valence-electron chi connectivity index (χ4n) is 2.05. The number of rotatable bonds is 6. The van der Waals surface area contributed by atoms with Gasteiger partial charge in [0.1, 0.15) is 0 Å². The lowest BCUT2D eigenvalue weighted by Crippen LogP contribution is -2.31. The van der Waals surface area contributed by atoms with Crippen molar-refractivity contribution in [2.24, 2.45) is 10.9 Å². The molecule has 0 aromatic rings. The highest BCUT2D eigenvalue weighted by Crippen LogP contribution is 2.26. The molecular weight excluding hydrogens is 216 g/mol. The Balaban J connectivity index is 2.29. The standard InChI is InChI=1S/C13H26N2S/c1-5-7-11(6-2)15-13-14-9-12(16-13)8-10(3)4/h10-12H,5-9H2,1-4H3,(H,14,15). The van der Waals surface area contributed by atoms with Crippen LogP contribution in [-0.4, -0.2) is 23.0 Å². The molecule has 94 valence electrons. The van der Waals surface area contributed by atoms with Crippen LogP contribution in [0, 0.1) is 5.92 Å². The van der Waals surface area contributed by atoms with E-state index in [0.717, 1.165) is 12.5 Å². The summed E-state index contributed by atoms with van der Waals surface area (Å²) in [7, 11) is 0. The lowest BCUT2D eigenvalue weighted by atomic mass is 10.1. The second-order valence-corrected chi connectivity index (χ2v) is 6.34. The van der Waals surface area contributed by atoms with Gasteiger partial charge in [0.2, 0.25) is 0 Å². The Bertz CT molecular complexity index is 226. The van der Waals surface area contributed by atoms with Crippen molar-refractivity contribution in [2.75, 3.05) is 6.54 Å². The monoisotopic (exact) mass is 242 g/mol. The van der Waals surface area contributed by atoms with E-state index < -0.39 is 0 Å². The van der Waals surface area contributed by atoms with Gasteiger partial charge in [0.15, 0.2) is 5.17 Å². The van der Waals surface area contributed by atoms with E-state index in [1.807, 2.05) is 11.8 Å². The van der Waals surface area contributed by atoms with Gasteiger partial charge in [-0.1, -0.05) is 45.9 Å². The van der Waals surface area contributed by atoms with E-state index in [1.54, 1.807) is 0 Å². The summed E-state index contributed by atoms with van der Waals surface area (Å²) >= 11 is 1.95. The summed E-state index contributed by atoms with van der Waals surface area (Å²) in [6.45, 7) is 10.1. The Labute approximate surface area is 105 Å². The molecule has 0 aliphatic carbocycles. The molecule has 1 rings (SSSR count). The minimum atomic E-state index is 0.619. The smallest absolute Gasteiger partial charge is 0.157 e. The third-order valence-corrected chi connectivity index (χ3v) is 4.05. The van der Waals surface area contributed by atoms with Crippen LogP contribution in [0.4, 0.5) is 0 Å². The summed E-state index contributed by atoms with van der Waals surface area (Å²) < 4.78 is 0. The maximum absolute atomic E-state index is 4.61. The molecule has 0 aromatic carbocycles. The van der Waals surface area contributed by atoms with Gasteiger partial charge < -0.3 is 5.32 Å². The van der Waals surface area contributed by atoms with E-state index in [1.165, 1.54) is 30.9 Å². The van der Waals surface area contributed by atoms with Crippen LogP contribution in [0.3, 0.4) is 0 Å². The summed E-state index contributed by atoms with van der Waals surface area (Å²) in [5.41, 5.74) is 0. The Morgan fingerprint density at radius 1 is 1.44 bits per heavy atom. The highest BCUT2D eigenvalue weighted by Gasteiger charge is 2.21. The van der Waals surface area contributed by atoms with Gasteiger partial charge in [-0.2, -0.15) is 0 Å². The molecule has 0 spiro atoms. The lowest BCUT2D eigenvalue weighted by Gasteiger charge is -2.17. The topological polar surface area (TPSA) is 24.4 Å². The van der Waals surface area contributed by atoms with Crippen LogP contribution in [0.2, 0.25) is 0 Å². The number of nitrogens with zero attached hydrogens (tertiary/aromatic N) is 1. The van der Waals surface area contributed by atoms with Crippen molar-refractivity contribution in [1.29, 1.82) is 0 Å². The first kappa shape index (κ1) is 13.9. The SMILES string of the molecule is CCCC(CC)NC1=NCC(CC(C)C)S1. The van der Waals surface area contributed by atoms with Gasteiger partial charge in [0, 0.05) is 11.3 Å². The minimum Gasteiger partial charge on any atom is -0.362 e. The van der Waals surface area contributed by atoms with Gasteiger partial charge in [0.25, 0.3) is 0 Å². The minimum absolute atomic E-state index is 0.619. The van der Waals surface area contributed by atoms with Gasteiger partial charge in [-0.25, -0.2) is 0 Å². The first-order valence-corrected chi connectivity index (χ1v) is 7.51. The third kappa shape index (κ3) is 4.77. The van der Waals surface area contributed by atoms with Gasteiger partial charge in [-0.15, -0.1) is 0 Å². The maximum atomic E-state index is 4.61. The zero-order valence-corrected chi connectivity index (χ0v) is 11.9. The zero-order valence-electron chi connectivity index (χ0n) is 11.1. The van der Waals surface area contributed by atoms with Crippen LogP contribution < -0.4 is 5.32 Å². The van der Waals surface area contributed by atoms with E-state index in [4.69, 9.17) is 0 Å². The van der Waals surface area contributed by atoms with E-state index >= 15 is 0 Å². The molecule has 0 radical (unpaired) electrons. The van der Waals surface area contributed by atoms with Crippen LogP contribution in [0.1, 0.15) is 53.4 Å². The van der Waals surface area contributed by atoms with E-state index in [0.29, 0.717) is 11.3 Å². The molecule has 1 N–H and O–H groups in total. The van der Waals surface area contributed by atoms with Gasteiger partial charge in [-0.3, -0.25) is 4.99 Å². The van der Waals surface area contributed by atoms with Crippen molar-refractivity contribution in [3.8, 4) is 0 Å². The molecule has 2 atom stereocenters. The molecule has 0 amide bonds. The van der Waals surface area contributed by atoms with E-state index in [2.05, 4.69) is 38.0 Å². The number of amidine groups is 1. The van der Waals surface area contributed by atoms with Crippen molar-refractivity contribution in [1.82, 2.24) is 5.32 Å². The van der Waals surface area contributed by atoms with Crippen LogP contribution in [0.25, 0.3) is 0 Å². The Morgan fingerprint density at radius 3 is 2.75 bits per heavy atom. The van der Waals surface area contributed by atoms with Gasteiger partial charge in [-0.05, 0) is 25.2 Å². The second-order valence-electron chi connectivity index (χ2n) is 5.05. The van der Waals surface area contributed by atoms with Crippen molar-refractivity contribution >= 4 is 16.9 Å². The van der Waals surface area contributed by atoms with Crippen molar-refractivity contribution in [3.63, 3.8) is 0 Å². The molecule has 1 aliphatic heterocycles. The average molecular weight is 242 g/mol. The Kier molecular flexibility index (Phi) is 6.25. The number of hydrogen-bond acceptors (Lipinski definition) is 3. The Morgan fingerprint density at radius 2 is 2.19 bits per heavy atom. The highest BCUT2D eigenvalue weighted by atomic mass is 32.2. The summed E-state index contributed by atoms with van der Waals surface area (Å²) in [4.78, 5) is 4.61. The lowest BCUT2D eigenvalue weighted by molar-refractivity contribution is 0.539. The fourth-order valence-corrected chi connectivity index (χ4v) is 3.38. The molecule has 0 aromatic heterocycles. The molecule has 16 heavy (non-hydrogen) atoms.